The van der Waals surface area contributed by atoms with Crippen molar-refractivity contribution in [2.75, 3.05) is 0 Å². The predicted molar refractivity (Wildman–Crippen MR) is 45.2 cm³/mol. The first kappa shape index (κ1) is 10.2. The summed E-state index contributed by atoms with van der Waals surface area (Å²) < 4.78 is 14.8. The lowest BCUT2D eigenvalue weighted by Gasteiger charge is -2.10. The zero-order valence-corrected chi connectivity index (χ0v) is 10.3. The van der Waals surface area contributed by atoms with Gasteiger partial charge in [-0.05, 0) is 0 Å². The number of aldehydes is 1. The van der Waals surface area contributed by atoms with Crippen molar-refractivity contribution in [3.8, 4) is 0 Å². The van der Waals surface area contributed by atoms with E-state index in [9.17, 15) is 4.79 Å². The van der Waals surface area contributed by atoms with Crippen LogP contribution in [0.15, 0.2) is 0 Å². The van der Waals surface area contributed by atoms with Crippen LogP contribution in [-0.2, 0) is 17.1 Å². The van der Waals surface area contributed by atoms with E-state index in [2.05, 4.69) is 0 Å². The molecule has 1 aliphatic rings. The molecule has 0 N–H and O–H groups in total. The molecule has 1 heterocycles. The maximum atomic E-state index is 9.17. The molecule has 1 fully saturated rings. The number of rotatable bonds is 1. The van der Waals surface area contributed by atoms with Gasteiger partial charge < -0.3 is 17.1 Å². The van der Waals surface area contributed by atoms with Crippen molar-refractivity contribution >= 4 is 36.3 Å². The molecule has 0 aromatic carbocycles. The molecule has 0 saturated carbocycles. The lowest BCUT2D eigenvalue weighted by Crippen LogP contribution is -2.23. The summed E-state index contributed by atoms with van der Waals surface area (Å²) in [4.78, 5) is 9.17. The fourth-order valence-electron chi connectivity index (χ4n) is 0.279. The summed E-state index contributed by atoms with van der Waals surface area (Å²) in [5.74, 6) is 0. The Bertz CT molecular complexity index is 64.6. The van der Waals surface area contributed by atoms with Crippen LogP contribution in [-0.4, -0.2) is 36.3 Å². The molecule has 0 amide bonds. The molecule has 1 rings (SSSR count). The first-order chi connectivity index (χ1) is 4.91. The average Bonchev–Trinajstić information content (AvgIpc) is 2.08. The van der Waals surface area contributed by atoms with Crippen molar-refractivity contribution in [1.82, 2.24) is 0 Å². The lowest BCUT2D eigenvalue weighted by atomic mass is 10.6. The van der Waals surface area contributed by atoms with E-state index in [1.54, 1.807) is 0 Å². The van der Waals surface area contributed by atoms with E-state index < -0.39 is 30.0 Å². The molecule has 0 unspecified atom stereocenters. The van der Waals surface area contributed by atoms with Crippen LogP contribution >= 0.6 is 0 Å². The van der Waals surface area contributed by atoms with Crippen molar-refractivity contribution in [2.24, 2.45) is 0 Å². The zero-order valence-electron chi connectivity index (χ0n) is 6.04. The summed E-state index contributed by atoms with van der Waals surface area (Å²) >= 11 is 0. The highest BCUT2D eigenvalue weighted by Gasteiger charge is 1.96. The van der Waals surface area contributed by atoms with Gasteiger partial charge in [0.15, 0.2) is 0 Å². The second kappa shape index (κ2) is 9.20. The highest BCUT2D eigenvalue weighted by atomic mass is 28.4. The van der Waals surface area contributed by atoms with Gasteiger partial charge in [-0.1, -0.05) is 6.92 Å². The standard InChI is InChI=1S/C3H6O.H6O3Si3/c1-2-3-4;1-4-2-6-3-5-1/h3H,2H2,1H3;4-6H2. The molecule has 7 heteroatoms. The molecule has 4 nitrogen and oxygen atoms in total. The van der Waals surface area contributed by atoms with Gasteiger partial charge in [0.25, 0.3) is 30.0 Å². The molecule has 0 radical (unpaired) electrons. The zero-order chi connectivity index (χ0) is 7.66. The molecule has 1 saturated heterocycles. The minimum Gasteiger partial charge on any atom is -0.425 e. The Hall–Kier alpha value is 0.201. The average molecular weight is 196 g/mol. The largest absolute Gasteiger partial charge is 0.425 e. The van der Waals surface area contributed by atoms with Crippen LogP contribution in [0.25, 0.3) is 0 Å². The Morgan fingerprint density at radius 3 is 1.60 bits per heavy atom. The Labute approximate surface area is 67.4 Å². The van der Waals surface area contributed by atoms with E-state index in [0.29, 0.717) is 6.42 Å². The highest BCUT2D eigenvalue weighted by Crippen LogP contribution is 1.78. The van der Waals surface area contributed by atoms with E-state index in [1.165, 1.54) is 0 Å². The monoisotopic (exact) mass is 196 g/mol. The van der Waals surface area contributed by atoms with E-state index in [1.807, 2.05) is 6.92 Å². The van der Waals surface area contributed by atoms with E-state index in [4.69, 9.17) is 12.3 Å². The second-order valence-electron chi connectivity index (χ2n) is 1.54. The van der Waals surface area contributed by atoms with Gasteiger partial charge in [0.05, 0.1) is 0 Å². The highest BCUT2D eigenvalue weighted by molar-refractivity contribution is 6.50. The Morgan fingerprint density at radius 2 is 1.50 bits per heavy atom. The number of hydrogen-bond acceptors (Lipinski definition) is 4. The second-order valence-corrected chi connectivity index (χ2v) is 7.15. The molecule has 0 aromatic rings. The summed E-state index contributed by atoms with van der Waals surface area (Å²) in [6.07, 6.45) is 1.51. The molecule has 0 bridgehead atoms. The van der Waals surface area contributed by atoms with Crippen LogP contribution in [0, 0.1) is 0 Å². The minimum atomic E-state index is -0.493. The van der Waals surface area contributed by atoms with E-state index in [0.717, 1.165) is 6.29 Å². The predicted octanol–water partition coefficient (Wildman–Crippen LogP) is -2.36. The number of carbonyl (C=O) groups is 1. The topological polar surface area (TPSA) is 44.8 Å². The van der Waals surface area contributed by atoms with Gasteiger partial charge in [0, 0.05) is 6.42 Å². The fraction of sp³-hybridized carbons (Fsp3) is 0.667. The molecule has 0 atom stereocenters. The van der Waals surface area contributed by atoms with Crippen LogP contribution in [0.4, 0.5) is 0 Å². The molecular weight excluding hydrogens is 184 g/mol. The lowest BCUT2D eigenvalue weighted by molar-refractivity contribution is -0.107. The van der Waals surface area contributed by atoms with Gasteiger partial charge in [-0.3, -0.25) is 0 Å². The van der Waals surface area contributed by atoms with Crippen LogP contribution in [0.3, 0.4) is 0 Å². The Morgan fingerprint density at radius 1 is 1.20 bits per heavy atom. The normalized spacial score (nSPS) is 24.1. The van der Waals surface area contributed by atoms with Crippen molar-refractivity contribution in [3.63, 3.8) is 0 Å². The van der Waals surface area contributed by atoms with Crippen molar-refractivity contribution in [2.45, 2.75) is 13.3 Å². The number of hydrogen-bond donors (Lipinski definition) is 0. The van der Waals surface area contributed by atoms with Crippen molar-refractivity contribution < 1.29 is 17.1 Å². The minimum absolute atomic E-state index is 0.493. The summed E-state index contributed by atoms with van der Waals surface area (Å²) in [7, 11) is -1.48. The van der Waals surface area contributed by atoms with Gasteiger partial charge in [0.2, 0.25) is 0 Å². The van der Waals surface area contributed by atoms with Crippen LogP contribution in [0.2, 0.25) is 0 Å². The third-order valence-electron chi connectivity index (χ3n) is 0.667. The maximum Gasteiger partial charge on any atom is 0.286 e. The van der Waals surface area contributed by atoms with Gasteiger partial charge in [-0.2, -0.15) is 0 Å². The SMILES string of the molecule is CCC=O.O1[SiH2]O[SiH2]O[SiH2]1. The van der Waals surface area contributed by atoms with E-state index in [-0.39, 0.29) is 0 Å². The smallest absolute Gasteiger partial charge is 0.286 e. The first-order valence-corrected chi connectivity index (χ1v) is 6.55. The van der Waals surface area contributed by atoms with Crippen LogP contribution in [0.1, 0.15) is 13.3 Å². The Kier molecular flexibility index (Phi) is 9.39. The maximum absolute atomic E-state index is 9.17. The summed E-state index contributed by atoms with van der Waals surface area (Å²) in [6, 6.07) is 0. The Balaban J connectivity index is 0.000000180. The van der Waals surface area contributed by atoms with Crippen LogP contribution in [0.5, 0.6) is 0 Å². The summed E-state index contributed by atoms with van der Waals surface area (Å²) in [5.41, 5.74) is 0. The van der Waals surface area contributed by atoms with E-state index >= 15 is 0 Å². The van der Waals surface area contributed by atoms with Gasteiger partial charge in [0.1, 0.15) is 6.29 Å². The molecule has 60 valence electrons. The van der Waals surface area contributed by atoms with Gasteiger partial charge in [-0.15, -0.1) is 0 Å². The molecule has 1 aliphatic heterocycles. The van der Waals surface area contributed by atoms with Crippen LogP contribution < -0.4 is 0 Å². The molecular formula is C3H12O4Si3. The molecule has 10 heavy (non-hydrogen) atoms. The van der Waals surface area contributed by atoms with Gasteiger partial charge in [-0.25, -0.2) is 0 Å². The quantitative estimate of drug-likeness (QED) is 0.348. The molecule has 0 aliphatic carbocycles. The first-order valence-electron chi connectivity index (χ1n) is 3.08. The van der Waals surface area contributed by atoms with Crippen molar-refractivity contribution in [3.05, 3.63) is 0 Å². The fourth-order valence-corrected chi connectivity index (χ4v) is 5.69. The number of carbonyl (C=O) groups excluding carboxylic acids is 1. The third-order valence-corrected chi connectivity index (χ3v) is 4.67. The summed E-state index contributed by atoms with van der Waals surface area (Å²) in [6.45, 7) is 1.81. The molecule has 0 aromatic heterocycles. The summed E-state index contributed by atoms with van der Waals surface area (Å²) in [5, 5.41) is 0. The van der Waals surface area contributed by atoms with Crippen molar-refractivity contribution in [1.29, 1.82) is 0 Å². The van der Waals surface area contributed by atoms with Gasteiger partial charge >= 0.3 is 0 Å². The molecule has 0 spiro atoms. The third kappa shape index (κ3) is 8.20.